The highest BCUT2D eigenvalue weighted by atomic mass is 16.5. The highest BCUT2D eigenvalue weighted by Crippen LogP contribution is 2.35. The van der Waals surface area contributed by atoms with Crippen LogP contribution in [0.2, 0.25) is 0 Å². The maximum atomic E-state index is 9.50. The zero-order valence-electron chi connectivity index (χ0n) is 8.57. The molecule has 0 aromatic heterocycles. The van der Waals surface area contributed by atoms with E-state index in [0.717, 1.165) is 26.0 Å². The van der Waals surface area contributed by atoms with Crippen molar-refractivity contribution in [1.82, 2.24) is 5.32 Å². The van der Waals surface area contributed by atoms with Gasteiger partial charge in [-0.15, -0.1) is 0 Å². The molecular weight excluding hydrogens is 190 g/mol. The number of aryl methyl sites for hydroxylation is 1. The molecule has 0 radical (unpaired) electrons. The van der Waals surface area contributed by atoms with Gasteiger partial charge in [0, 0.05) is 12.6 Å². The number of aromatic hydroxyl groups is 1. The lowest BCUT2D eigenvalue weighted by Crippen LogP contribution is -2.45. The van der Waals surface area contributed by atoms with E-state index in [9.17, 15) is 5.11 Å². The molecule has 1 aromatic rings. The van der Waals surface area contributed by atoms with Crippen molar-refractivity contribution in [2.24, 2.45) is 0 Å². The van der Waals surface area contributed by atoms with Crippen LogP contribution < -0.4 is 5.32 Å². The fourth-order valence-corrected chi connectivity index (χ4v) is 2.60. The SMILES string of the molecule is Oc1ccc2c(c1)[C@@H]1OCCNC1CC2. The number of nitrogens with one attached hydrogen (secondary N) is 1. The molecule has 1 unspecified atom stereocenters. The van der Waals surface area contributed by atoms with Crippen LogP contribution in [-0.2, 0) is 11.2 Å². The van der Waals surface area contributed by atoms with Gasteiger partial charge in [-0.2, -0.15) is 0 Å². The summed E-state index contributed by atoms with van der Waals surface area (Å²) in [4.78, 5) is 0. The molecule has 0 amide bonds. The smallest absolute Gasteiger partial charge is 0.115 e. The first-order valence-corrected chi connectivity index (χ1v) is 5.51. The van der Waals surface area contributed by atoms with Gasteiger partial charge in [0.2, 0.25) is 0 Å². The van der Waals surface area contributed by atoms with Gasteiger partial charge >= 0.3 is 0 Å². The van der Waals surface area contributed by atoms with E-state index in [2.05, 4.69) is 5.32 Å². The Bertz CT molecular complexity index is 378. The minimum atomic E-state index is 0.134. The van der Waals surface area contributed by atoms with Gasteiger partial charge < -0.3 is 15.2 Å². The van der Waals surface area contributed by atoms with Crippen LogP contribution in [0.3, 0.4) is 0 Å². The molecule has 0 saturated carbocycles. The van der Waals surface area contributed by atoms with Gasteiger partial charge in [0.25, 0.3) is 0 Å². The molecule has 80 valence electrons. The van der Waals surface area contributed by atoms with Crippen LogP contribution in [0.5, 0.6) is 5.75 Å². The summed E-state index contributed by atoms with van der Waals surface area (Å²) >= 11 is 0. The molecule has 3 heteroatoms. The predicted molar refractivity (Wildman–Crippen MR) is 56.9 cm³/mol. The number of hydrogen-bond acceptors (Lipinski definition) is 3. The van der Waals surface area contributed by atoms with Gasteiger partial charge in [0.1, 0.15) is 5.75 Å². The summed E-state index contributed by atoms with van der Waals surface area (Å²) in [5, 5.41) is 13.0. The number of phenols is 1. The lowest BCUT2D eigenvalue weighted by Gasteiger charge is -2.37. The largest absolute Gasteiger partial charge is 0.508 e. The van der Waals surface area contributed by atoms with E-state index in [-0.39, 0.29) is 6.10 Å². The Balaban J connectivity index is 2.01. The number of phenolic OH excluding ortho intramolecular Hbond substituents is 1. The monoisotopic (exact) mass is 205 g/mol. The molecule has 3 nitrogen and oxygen atoms in total. The lowest BCUT2D eigenvalue weighted by atomic mass is 9.85. The Morgan fingerprint density at radius 3 is 3.27 bits per heavy atom. The Hall–Kier alpha value is -1.06. The van der Waals surface area contributed by atoms with Crippen molar-refractivity contribution in [3.8, 4) is 5.75 Å². The minimum Gasteiger partial charge on any atom is -0.508 e. The number of hydrogen-bond donors (Lipinski definition) is 2. The minimum absolute atomic E-state index is 0.134. The van der Waals surface area contributed by atoms with Crippen LogP contribution >= 0.6 is 0 Å². The topological polar surface area (TPSA) is 41.5 Å². The molecule has 2 aliphatic rings. The second-order valence-electron chi connectivity index (χ2n) is 4.27. The summed E-state index contributed by atoms with van der Waals surface area (Å²) < 4.78 is 5.79. The second-order valence-corrected chi connectivity index (χ2v) is 4.27. The van der Waals surface area contributed by atoms with E-state index in [1.54, 1.807) is 6.07 Å². The molecular formula is C12H15NO2. The first kappa shape index (κ1) is 9.19. The van der Waals surface area contributed by atoms with Crippen molar-refractivity contribution < 1.29 is 9.84 Å². The molecule has 1 saturated heterocycles. The van der Waals surface area contributed by atoms with Gasteiger partial charge in [0.15, 0.2) is 0 Å². The summed E-state index contributed by atoms with van der Waals surface area (Å²) in [6.07, 6.45) is 2.34. The summed E-state index contributed by atoms with van der Waals surface area (Å²) in [6, 6.07) is 6.04. The van der Waals surface area contributed by atoms with Gasteiger partial charge in [-0.1, -0.05) is 6.07 Å². The van der Waals surface area contributed by atoms with E-state index in [1.165, 1.54) is 11.1 Å². The molecule has 1 aliphatic carbocycles. The van der Waals surface area contributed by atoms with E-state index in [4.69, 9.17) is 4.74 Å². The van der Waals surface area contributed by atoms with Gasteiger partial charge in [0.05, 0.1) is 12.7 Å². The first-order chi connectivity index (χ1) is 7.34. The maximum absolute atomic E-state index is 9.50. The molecule has 1 heterocycles. The molecule has 1 aliphatic heterocycles. The molecule has 3 rings (SSSR count). The molecule has 0 spiro atoms. The Labute approximate surface area is 89.1 Å². The Morgan fingerprint density at radius 2 is 2.33 bits per heavy atom. The third kappa shape index (κ3) is 1.52. The zero-order valence-corrected chi connectivity index (χ0v) is 8.57. The van der Waals surface area contributed by atoms with Crippen LogP contribution in [0.15, 0.2) is 18.2 Å². The first-order valence-electron chi connectivity index (χ1n) is 5.51. The van der Waals surface area contributed by atoms with Crippen LogP contribution in [0, 0.1) is 0 Å². The van der Waals surface area contributed by atoms with E-state index in [0.29, 0.717) is 11.8 Å². The highest BCUT2D eigenvalue weighted by molar-refractivity contribution is 5.39. The summed E-state index contributed by atoms with van der Waals surface area (Å²) in [6.45, 7) is 1.70. The fourth-order valence-electron chi connectivity index (χ4n) is 2.60. The molecule has 2 atom stereocenters. The van der Waals surface area contributed by atoms with Crippen molar-refractivity contribution in [3.05, 3.63) is 29.3 Å². The Kier molecular flexibility index (Phi) is 2.15. The number of benzene rings is 1. The zero-order chi connectivity index (χ0) is 10.3. The van der Waals surface area contributed by atoms with Gasteiger partial charge in [-0.05, 0) is 36.1 Å². The summed E-state index contributed by atoms with van der Waals surface area (Å²) in [7, 11) is 0. The van der Waals surface area contributed by atoms with Crippen LogP contribution in [0.1, 0.15) is 23.7 Å². The number of rotatable bonds is 0. The summed E-state index contributed by atoms with van der Waals surface area (Å²) in [5.74, 6) is 0.337. The predicted octanol–water partition coefficient (Wildman–Crippen LogP) is 1.37. The van der Waals surface area contributed by atoms with Crippen LogP contribution in [0.4, 0.5) is 0 Å². The van der Waals surface area contributed by atoms with Crippen molar-refractivity contribution in [1.29, 1.82) is 0 Å². The number of ether oxygens (including phenoxy) is 1. The normalized spacial score (nSPS) is 29.3. The van der Waals surface area contributed by atoms with Crippen LogP contribution in [0.25, 0.3) is 0 Å². The molecule has 0 bridgehead atoms. The van der Waals surface area contributed by atoms with Crippen molar-refractivity contribution in [2.75, 3.05) is 13.2 Å². The molecule has 15 heavy (non-hydrogen) atoms. The molecule has 1 fully saturated rings. The second kappa shape index (κ2) is 3.51. The van der Waals surface area contributed by atoms with Crippen molar-refractivity contribution in [3.63, 3.8) is 0 Å². The average Bonchev–Trinajstić information content (AvgIpc) is 2.29. The summed E-state index contributed by atoms with van der Waals surface area (Å²) in [5.41, 5.74) is 2.48. The maximum Gasteiger partial charge on any atom is 0.115 e. The average molecular weight is 205 g/mol. The molecule has 1 aromatic carbocycles. The van der Waals surface area contributed by atoms with E-state index >= 15 is 0 Å². The fraction of sp³-hybridized carbons (Fsp3) is 0.500. The van der Waals surface area contributed by atoms with Gasteiger partial charge in [-0.3, -0.25) is 0 Å². The Morgan fingerprint density at radius 1 is 1.40 bits per heavy atom. The third-order valence-electron chi connectivity index (χ3n) is 3.33. The highest BCUT2D eigenvalue weighted by Gasteiger charge is 2.32. The number of morpholine rings is 1. The van der Waals surface area contributed by atoms with Crippen molar-refractivity contribution in [2.45, 2.75) is 25.0 Å². The lowest BCUT2D eigenvalue weighted by molar-refractivity contribution is -0.0128. The van der Waals surface area contributed by atoms with E-state index < -0.39 is 0 Å². The molecule has 2 N–H and O–H groups in total. The van der Waals surface area contributed by atoms with E-state index in [1.807, 2.05) is 12.1 Å². The third-order valence-corrected chi connectivity index (χ3v) is 3.33. The quantitative estimate of drug-likeness (QED) is 0.672. The van der Waals surface area contributed by atoms with Crippen LogP contribution in [-0.4, -0.2) is 24.3 Å². The number of fused-ring (bicyclic) bond motifs is 3. The van der Waals surface area contributed by atoms with Gasteiger partial charge in [-0.25, -0.2) is 0 Å². The standard InChI is InChI=1S/C12H15NO2/c14-9-3-1-8-2-4-11-12(10(8)7-9)15-6-5-13-11/h1,3,7,11-14H,2,4-6H2/t11?,12-/m0/s1. The van der Waals surface area contributed by atoms with Crippen molar-refractivity contribution >= 4 is 0 Å².